The van der Waals surface area contributed by atoms with E-state index in [4.69, 9.17) is 0 Å². The molecule has 2 unspecified atom stereocenters. The molecule has 1 aliphatic carbocycles. The van der Waals surface area contributed by atoms with Crippen molar-refractivity contribution in [2.45, 2.75) is 71.4 Å². The van der Waals surface area contributed by atoms with E-state index in [2.05, 4.69) is 58.3 Å². The van der Waals surface area contributed by atoms with Crippen LogP contribution in [0.1, 0.15) is 80.0 Å². The fraction of sp³-hybridized carbons (Fsp3) is 0.583. The summed E-state index contributed by atoms with van der Waals surface area (Å²) >= 11 is 0. The molecule has 3 heterocycles. The van der Waals surface area contributed by atoms with Crippen molar-refractivity contribution in [1.29, 1.82) is 0 Å². The van der Waals surface area contributed by atoms with Crippen LogP contribution in [0, 0.1) is 19.8 Å². The summed E-state index contributed by atoms with van der Waals surface area (Å²) < 4.78 is 2.02. The molecule has 2 aliphatic rings. The fourth-order valence-corrected chi connectivity index (χ4v) is 5.64. The van der Waals surface area contributed by atoms with Crippen LogP contribution in [0.5, 0.6) is 0 Å². The molecular formula is C24H32N6O. The first-order chi connectivity index (χ1) is 15.0. The number of hydrogen-bond donors (Lipinski definition) is 1. The number of rotatable bonds is 4. The lowest BCUT2D eigenvalue weighted by molar-refractivity contribution is 0.139. The number of nitrogens with one attached hydrogen (secondary N) is 1. The number of hydrogen-bond acceptors (Lipinski definition) is 5. The molecule has 0 bridgehead atoms. The molecule has 2 aromatic heterocycles. The zero-order valence-electron chi connectivity index (χ0n) is 18.8. The molecule has 2 atom stereocenters. The lowest BCUT2D eigenvalue weighted by Gasteiger charge is -2.36. The van der Waals surface area contributed by atoms with Crippen molar-refractivity contribution >= 4 is 10.9 Å². The summed E-state index contributed by atoms with van der Waals surface area (Å²) in [4.78, 5) is 19.0. The molecular weight excluding hydrogens is 388 g/mol. The van der Waals surface area contributed by atoms with Crippen LogP contribution in [0.25, 0.3) is 10.9 Å². The van der Waals surface area contributed by atoms with Gasteiger partial charge in [-0.15, -0.1) is 5.10 Å². The average Bonchev–Trinajstić information content (AvgIpc) is 3.40. The first-order valence-electron chi connectivity index (χ1n) is 11.7. The molecule has 31 heavy (non-hydrogen) atoms. The van der Waals surface area contributed by atoms with E-state index in [0.29, 0.717) is 12.0 Å². The summed E-state index contributed by atoms with van der Waals surface area (Å²) in [6.07, 6.45) is 6.99. The second-order valence-electron chi connectivity index (χ2n) is 9.66. The molecule has 164 valence electrons. The van der Waals surface area contributed by atoms with Crippen molar-refractivity contribution in [1.82, 2.24) is 30.1 Å². The van der Waals surface area contributed by atoms with Crippen LogP contribution in [-0.2, 0) is 0 Å². The van der Waals surface area contributed by atoms with E-state index in [0.717, 1.165) is 60.2 Å². The third-order valence-electron chi connectivity index (χ3n) is 7.12. The summed E-state index contributed by atoms with van der Waals surface area (Å²) in [7, 11) is 0. The molecule has 1 saturated carbocycles. The predicted octanol–water partition coefficient (Wildman–Crippen LogP) is 4.07. The van der Waals surface area contributed by atoms with Crippen molar-refractivity contribution in [3.63, 3.8) is 0 Å². The van der Waals surface area contributed by atoms with Crippen LogP contribution >= 0.6 is 0 Å². The maximum Gasteiger partial charge on any atom is 0.253 e. The second kappa shape index (κ2) is 8.19. The Kier molecular flexibility index (Phi) is 5.38. The number of piperidine rings is 1. The molecule has 0 radical (unpaired) electrons. The number of H-pyrrole nitrogens is 1. The molecule has 1 aromatic carbocycles. The molecule has 0 amide bonds. The molecule has 1 aliphatic heterocycles. The van der Waals surface area contributed by atoms with Crippen LogP contribution in [0.3, 0.4) is 0 Å². The average molecular weight is 421 g/mol. The minimum Gasteiger partial charge on any atom is -0.322 e. The van der Waals surface area contributed by atoms with Crippen LogP contribution < -0.4 is 5.56 Å². The van der Waals surface area contributed by atoms with Gasteiger partial charge in [0, 0.05) is 23.0 Å². The van der Waals surface area contributed by atoms with Crippen LogP contribution in [0.4, 0.5) is 0 Å². The third kappa shape index (κ3) is 3.80. The Labute approximate surface area is 182 Å². The van der Waals surface area contributed by atoms with Gasteiger partial charge in [0.15, 0.2) is 5.82 Å². The molecule has 0 spiro atoms. The minimum atomic E-state index is -0.229. The summed E-state index contributed by atoms with van der Waals surface area (Å²) in [6, 6.07) is 6.41. The molecule has 5 rings (SSSR count). The first-order valence-corrected chi connectivity index (χ1v) is 11.7. The number of nitrogens with zero attached hydrogens (tertiary/aromatic N) is 5. The number of aromatic amines is 1. The molecule has 3 aromatic rings. The zero-order chi connectivity index (χ0) is 21.5. The van der Waals surface area contributed by atoms with Crippen LogP contribution in [-0.4, -0.2) is 43.2 Å². The standard InChI is InChI=1S/C24H32N6O/c1-15-7-6-10-29(14-15)22(23-26-27-28-30(23)18-8-4-5-9-18)20-13-19-17(3)11-16(2)12-21(19)25-24(20)31/h11-13,15,18,22H,4-10,14H2,1-3H3,(H,25,31). The van der Waals surface area contributed by atoms with E-state index < -0.39 is 0 Å². The topological polar surface area (TPSA) is 79.7 Å². The van der Waals surface area contributed by atoms with Gasteiger partial charge in [0.1, 0.15) is 6.04 Å². The first kappa shape index (κ1) is 20.4. The van der Waals surface area contributed by atoms with Crippen molar-refractivity contribution in [3.8, 4) is 0 Å². The van der Waals surface area contributed by atoms with Crippen molar-refractivity contribution in [2.75, 3.05) is 13.1 Å². The Morgan fingerprint density at radius 3 is 2.68 bits per heavy atom. The predicted molar refractivity (Wildman–Crippen MR) is 121 cm³/mol. The number of aryl methyl sites for hydroxylation is 2. The van der Waals surface area contributed by atoms with Gasteiger partial charge in [-0.25, -0.2) is 4.68 Å². The van der Waals surface area contributed by atoms with E-state index in [1.165, 1.54) is 24.8 Å². The van der Waals surface area contributed by atoms with E-state index in [1.54, 1.807) is 0 Å². The highest BCUT2D eigenvalue weighted by molar-refractivity contribution is 5.83. The maximum atomic E-state index is 13.4. The van der Waals surface area contributed by atoms with E-state index >= 15 is 0 Å². The van der Waals surface area contributed by atoms with Crippen LogP contribution in [0.2, 0.25) is 0 Å². The highest BCUT2D eigenvalue weighted by Gasteiger charge is 2.34. The Bertz CT molecular complexity index is 1140. The van der Waals surface area contributed by atoms with E-state index in [9.17, 15) is 4.79 Å². The molecule has 7 heteroatoms. The Balaban J connectivity index is 1.67. The van der Waals surface area contributed by atoms with Gasteiger partial charge in [-0.05, 0) is 85.7 Å². The highest BCUT2D eigenvalue weighted by atomic mass is 16.1. The summed E-state index contributed by atoms with van der Waals surface area (Å²) in [5.74, 6) is 1.41. The van der Waals surface area contributed by atoms with Gasteiger partial charge in [-0.3, -0.25) is 9.69 Å². The number of pyridine rings is 1. The normalized spacial score (nSPS) is 21.7. The quantitative estimate of drug-likeness (QED) is 0.688. The number of tetrazole rings is 1. The Morgan fingerprint density at radius 2 is 1.90 bits per heavy atom. The number of benzene rings is 1. The highest BCUT2D eigenvalue weighted by Crippen LogP contribution is 2.35. The van der Waals surface area contributed by atoms with E-state index in [-0.39, 0.29) is 11.6 Å². The molecule has 7 nitrogen and oxygen atoms in total. The second-order valence-corrected chi connectivity index (χ2v) is 9.66. The van der Waals surface area contributed by atoms with Gasteiger partial charge in [0.05, 0.1) is 6.04 Å². The van der Waals surface area contributed by atoms with Crippen LogP contribution in [0.15, 0.2) is 23.0 Å². The Morgan fingerprint density at radius 1 is 1.10 bits per heavy atom. The molecule has 1 saturated heterocycles. The Hall–Kier alpha value is -2.54. The van der Waals surface area contributed by atoms with Gasteiger partial charge in [0.25, 0.3) is 5.56 Å². The largest absolute Gasteiger partial charge is 0.322 e. The summed E-state index contributed by atoms with van der Waals surface area (Å²) in [5.41, 5.74) is 3.94. The number of aromatic nitrogens is 5. The number of fused-ring (bicyclic) bond motifs is 1. The molecule has 1 N–H and O–H groups in total. The van der Waals surface area contributed by atoms with E-state index in [1.807, 2.05) is 10.7 Å². The minimum absolute atomic E-state index is 0.0401. The van der Waals surface area contributed by atoms with Gasteiger partial charge in [-0.2, -0.15) is 0 Å². The zero-order valence-corrected chi connectivity index (χ0v) is 18.8. The SMILES string of the molecule is Cc1cc(C)c2cc(C(c3nnnn3C3CCCC3)N3CCCC(C)C3)c(=O)[nH]c2c1. The fourth-order valence-electron chi connectivity index (χ4n) is 5.64. The third-order valence-corrected chi connectivity index (χ3v) is 7.12. The summed E-state index contributed by atoms with van der Waals surface area (Å²) in [6.45, 7) is 8.37. The monoisotopic (exact) mass is 420 g/mol. The molecule has 2 fully saturated rings. The van der Waals surface area contributed by atoms with Crippen molar-refractivity contribution in [3.05, 3.63) is 51.1 Å². The van der Waals surface area contributed by atoms with Gasteiger partial charge in [0.2, 0.25) is 0 Å². The summed E-state index contributed by atoms with van der Waals surface area (Å²) in [5, 5.41) is 14.1. The van der Waals surface area contributed by atoms with Crippen molar-refractivity contribution < 1.29 is 0 Å². The lowest BCUT2D eigenvalue weighted by Crippen LogP contribution is -2.41. The maximum absolute atomic E-state index is 13.4. The van der Waals surface area contributed by atoms with Gasteiger partial charge < -0.3 is 4.98 Å². The smallest absolute Gasteiger partial charge is 0.253 e. The number of likely N-dealkylation sites (tertiary alicyclic amines) is 1. The van der Waals surface area contributed by atoms with Gasteiger partial charge >= 0.3 is 0 Å². The van der Waals surface area contributed by atoms with Gasteiger partial charge in [-0.1, -0.05) is 25.8 Å². The van der Waals surface area contributed by atoms with Crippen molar-refractivity contribution in [2.24, 2.45) is 5.92 Å². The lowest BCUT2D eigenvalue weighted by atomic mass is 9.95.